The van der Waals surface area contributed by atoms with E-state index in [1.54, 1.807) is 0 Å². The van der Waals surface area contributed by atoms with Gasteiger partial charge in [0, 0.05) is 22.8 Å². The van der Waals surface area contributed by atoms with Crippen molar-refractivity contribution in [1.82, 2.24) is 0 Å². The maximum absolute atomic E-state index is 3.87. The standard InChI is InChI=1S/C34H37N/c1-8-9-10-33-23(3)12-13-25(5)35(33)27-15-18-28(24(4)20-27)26-14-17-30-29-16-11-22(2)19-31(29)34(6,7)32(30)21-26/h8-11,14-21,25H,1,12-13H2,2-7H3/b10-9-. The molecular formula is C34H37N. The van der Waals surface area contributed by atoms with Gasteiger partial charge in [0.05, 0.1) is 0 Å². The number of benzene rings is 3. The summed E-state index contributed by atoms with van der Waals surface area (Å²) in [5.41, 5.74) is 14.9. The van der Waals surface area contributed by atoms with Crippen LogP contribution in [0.15, 0.2) is 90.7 Å². The van der Waals surface area contributed by atoms with Crippen molar-refractivity contribution in [3.8, 4) is 22.3 Å². The van der Waals surface area contributed by atoms with Crippen LogP contribution in [0, 0.1) is 13.8 Å². The SMILES string of the molecule is C=C/C=C\C1=C(C)CCC(C)N1c1ccc(-c2ccc3c(c2)C(C)(C)c2cc(C)ccc2-3)c(C)c1. The predicted molar refractivity (Wildman–Crippen MR) is 152 cm³/mol. The van der Waals surface area contributed by atoms with Gasteiger partial charge in [0.2, 0.25) is 0 Å². The molecule has 1 atom stereocenters. The Hall–Kier alpha value is -3.32. The fourth-order valence-corrected chi connectivity index (χ4v) is 6.04. The van der Waals surface area contributed by atoms with Crippen molar-refractivity contribution in [2.75, 3.05) is 4.90 Å². The second-order valence-electron chi connectivity index (χ2n) is 11.0. The first kappa shape index (κ1) is 23.4. The largest absolute Gasteiger partial charge is 0.339 e. The molecule has 3 aromatic rings. The van der Waals surface area contributed by atoms with E-state index >= 15 is 0 Å². The van der Waals surface area contributed by atoms with Gasteiger partial charge in [0.15, 0.2) is 0 Å². The van der Waals surface area contributed by atoms with Gasteiger partial charge in [-0.05, 0) is 109 Å². The first-order valence-electron chi connectivity index (χ1n) is 12.9. The van der Waals surface area contributed by atoms with Gasteiger partial charge in [-0.3, -0.25) is 0 Å². The average Bonchev–Trinajstić information content (AvgIpc) is 3.05. The van der Waals surface area contributed by atoms with Gasteiger partial charge in [-0.1, -0.05) is 74.5 Å². The maximum atomic E-state index is 3.87. The molecule has 1 aliphatic heterocycles. The molecule has 2 aliphatic rings. The van der Waals surface area contributed by atoms with Crippen LogP contribution in [0.25, 0.3) is 22.3 Å². The number of rotatable bonds is 4. The molecule has 0 radical (unpaired) electrons. The van der Waals surface area contributed by atoms with Crippen LogP contribution in [-0.4, -0.2) is 6.04 Å². The number of nitrogens with zero attached hydrogens (tertiary/aromatic N) is 1. The van der Waals surface area contributed by atoms with Crippen LogP contribution >= 0.6 is 0 Å². The van der Waals surface area contributed by atoms with Crippen LogP contribution in [-0.2, 0) is 5.41 Å². The van der Waals surface area contributed by atoms with Gasteiger partial charge in [-0.25, -0.2) is 0 Å². The number of anilines is 1. The van der Waals surface area contributed by atoms with E-state index in [4.69, 9.17) is 0 Å². The molecule has 35 heavy (non-hydrogen) atoms. The molecule has 0 N–H and O–H groups in total. The molecule has 1 heteroatoms. The van der Waals surface area contributed by atoms with E-state index in [2.05, 4.69) is 120 Å². The summed E-state index contributed by atoms with van der Waals surface area (Å²) in [6.07, 6.45) is 8.46. The summed E-state index contributed by atoms with van der Waals surface area (Å²) >= 11 is 0. The quantitative estimate of drug-likeness (QED) is 0.351. The van der Waals surface area contributed by atoms with Gasteiger partial charge >= 0.3 is 0 Å². The van der Waals surface area contributed by atoms with Crippen molar-refractivity contribution in [1.29, 1.82) is 0 Å². The number of hydrogen-bond donors (Lipinski definition) is 0. The molecule has 0 fully saturated rings. The molecule has 0 saturated heterocycles. The van der Waals surface area contributed by atoms with Crippen molar-refractivity contribution in [2.45, 2.75) is 65.8 Å². The highest BCUT2D eigenvalue weighted by atomic mass is 15.2. The summed E-state index contributed by atoms with van der Waals surface area (Å²) in [5, 5.41) is 0. The zero-order chi connectivity index (χ0) is 24.9. The Kier molecular flexibility index (Phi) is 5.83. The third-order valence-electron chi connectivity index (χ3n) is 8.10. The molecule has 1 nitrogen and oxygen atoms in total. The van der Waals surface area contributed by atoms with Gasteiger partial charge in [0.25, 0.3) is 0 Å². The Morgan fingerprint density at radius 1 is 0.886 bits per heavy atom. The fraction of sp³-hybridized carbons (Fsp3) is 0.294. The molecule has 0 saturated carbocycles. The fourth-order valence-electron chi connectivity index (χ4n) is 6.04. The third kappa shape index (κ3) is 3.88. The number of allylic oxidation sites excluding steroid dienone is 4. The summed E-state index contributed by atoms with van der Waals surface area (Å²) in [7, 11) is 0. The van der Waals surface area contributed by atoms with Crippen LogP contribution in [0.5, 0.6) is 0 Å². The Morgan fingerprint density at radius 3 is 2.29 bits per heavy atom. The smallest absolute Gasteiger partial charge is 0.0416 e. The molecule has 3 aromatic carbocycles. The number of hydrogen-bond acceptors (Lipinski definition) is 1. The van der Waals surface area contributed by atoms with E-state index in [-0.39, 0.29) is 5.41 Å². The highest BCUT2D eigenvalue weighted by Crippen LogP contribution is 2.50. The van der Waals surface area contributed by atoms with Crippen LogP contribution in [0.4, 0.5) is 5.69 Å². The topological polar surface area (TPSA) is 3.24 Å². The minimum absolute atomic E-state index is 0.0124. The van der Waals surface area contributed by atoms with Crippen molar-refractivity contribution in [3.63, 3.8) is 0 Å². The minimum Gasteiger partial charge on any atom is -0.339 e. The first-order chi connectivity index (χ1) is 16.7. The average molecular weight is 460 g/mol. The zero-order valence-electron chi connectivity index (χ0n) is 22.1. The Morgan fingerprint density at radius 2 is 1.57 bits per heavy atom. The number of aryl methyl sites for hydroxylation is 2. The lowest BCUT2D eigenvalue weighted by molar-refractivity contribution is 0.595. The number of fused-ring (bicyclic) bond motifs is 3. The molecule has 178 valence electrons. The molecule has 0 bridgehead atoms. The van der Waals surface area contributed by atoms with E-state index in [1.165, 1.54) is 67.9 Å². The summed E-state index contributed by atoms with van der Waals surface area (Å²) in [4.78, 5) is 2.50. The van der Waals surface area contributed by atoms with Crippen LogP contribution < -0.4 is 4.90 Å². The van der Waals surface area contributed by atoms with Gasteiger partial charge in [-0.2, -0.15) is 0 Å². The lowest BCUT2D eigenvalue weighted by Gasteiger charge is -2.38. The molecule has 0 spiro atoms. The third-order valence-corrected chi connectivity index (χ3v) is 8.10. The summed E-state index contributed by atoms with van der Waals surface area (Å²) in [6.45, 7) is 17.6. The van der Waals surface area contributed by atoms with Gasteiger partial charge in [0.1, 0.15) is 0 Å². The highest BCUT2D eigenvalue weighted by Gasteiger charge is 2.35. The van der Waals surface area contributed by atoms with Crippen molar-refractivity contribution in [3.05, 3.63) is 113 Å². The molecule has 0 aromatic heterocycles. The van der Waals surface area contributed by atoms with E-state index in [0.717, 1.165) is 6.42 Å². The van der Waals surface area contributed by atoms with Crippen LogP contribution in [0.2, 0.25) is 0 Å². The summed E-state index contributed by atoms with van der Waals surface area (Å²) < 4.78 is 0. The van der Waals surface area contributed by atoms with Crippen molar-refractivity contribution < 1.29 is 0 Å². The van der Waals surface area contributed by atoms with Crippen LogP contribution in [0.1, 0.15) is 62.8 Å². The lowest BCUT2D eigenvalue weighted by Crippen LogP contribution is -2.35. The molecule has 1 unspecified atom stereocenters. The Labute approximate surface area is 211 Å². The second kappa shape index (κ2) is 8.72. The van der Waals surface area contributed by atoms with Gasteiger partial charge < -0.3 is 4.90 Å². The highest BCUT2D eigenvalue weighted by molar-refractivity contribution is 5.84. The minimum atomic E-state index is 0.0124. The molecular weight excluding hydrogens is 422 g/mol. The summed E-state index contributed by atoms with van der Waals surface area (Å²) in [6, 6.07) is 21.4. The van der Waals surface area contributed by atoms with Crippen molar-refractivity contribution >= 4 is 5.69 Å². The van der Waals surface area contributed by atoms with Crippen LogP contribution in [0.3, 0.4) is 0 Å². The van der Waals surface area contributed by atoms with E-state index in [9.17, 15) is 0 Å². The summed E-state index contributed by atoms with van der Waals surface area (Å²) in [5.74, 6) is 0. The van der Waals surface area contributed by atoms with Crippen molar-refractivity contribution in [2.24, 2.45) is 0 Å². The van der Waals surface area contributed by atoms with Gasteiger partial charge in [-0.15, -0.1) is 0 Å². The first-order valence-corrected chi connectivity index (χ1v) is 12.9. The van der Waals surface area contributed by atoms with E-state index in [1.807, 2.05) is 6.08 Å². The predicted octanol–water partition coefficient (Wildman–Crippen LogP) is 9.28. The molecule has 1 aliphatic carbocycles. The maximum Gasteiger partial charge on any atom is 0.0416 e. The Balaban J connectivity index is 1.55. The van der Waals surface area contributed by atoms with E-state index in [0.29, 0.717) is 6.04 Å². The Bertz CT molecular complexity index is 1380. The molecule has 0 amide bonds. The van der Waals surface area contributed by atoms with E-state index < -0.39 is 0 Å². The normalized spacial score (nSPS) is 18.7. The lowest BCUT2D eigenvalue weighted by atomic mass is 9.81. The second-order valence-corrected chi connectivity index (χ2v) is 11.0. The zero-order valence-corrected chi connectivity index (χ0v) is 22.1. The molecule has 1 heterocycles. The monoisotopic (exact) mass is 459 g/mol. The molecule has 5 rings (SSSR count).